The van der Waals surface area contributed by atoms with E-state index in [9.17, 15) is 0 Å². The van der Waals surface area contributed by atoms with E-state index >= 15 is 0 Å². The van der Waals surface area contributed by atoms with Crippen LogP contribution in [0.1, 0.15) is 11.1 Å². The van der Waals surface area contributed by atoms with Gasteiger partial charge in [0, 0.05) is 18.8 Å². The highest BCUT2D eigenvalue weighted by atomic mass is 14.6. The van der Waals surface area contributed by atoms with Crippen LogP contribution in [0, 0.1) is 0 Å². The molecule has 1 nitrogen and oxygen atoms in total. The van der Waals surface area contributed by atoms with E-state index < -0.39 is 0 Å². The lowest BCUT2D eigenvalue weighted by Crippen LogP contribution is -1.81. The molecule has 0 N–H and O–H groups in total. The molecule has 4 rings (SSSR count). The second kappa shape index (κ2) is 3.17. The van der Waals surface area contributed by atoms with Gasteiger partial charge in [0.05, 0.1) is 0 Å². The molecule has 1 aliphatic carbocycles. The van der Waals surface area contributed by atoms with Crippen molar-refractivity contribution >= 4 is 10.8 Å². The van der Waals surface area contributed by atoms with Gasteiger partial charge < -0.3 is 0 Å². The Morgan fingerprint density at radius 3 is 2.82 bits per heavy atom. The van der Waals surface area contributed by atoms with E-state index in [2.05, 4.69) is 47.4 Å². The number of hydrogen-bond donors (Lipinski definition) is 0. The lowest BCUT2D eigenvalue weighted by molar-refractivity contribution is 1.20. The lowest BCUT2D eigenvalue weighted by atomic mass is 9.98. The Morgan fingerprint density at radius 2 is 1.82 bits per heavy atom. The van der Waals surface area contributed by atoms with Crippen molar-refractivity contribution in [1.82, 2.24) is 4.98 Å². The molecule has 1 aliphatic rings. The fourth-order valence-electron chi connectivity index (χ4n) is 2.80. The monoisotopic (exact) mass is 217 g/mol. The van der Waals surface area contributed by atoms with Crippen molar-refractivity contribution in [1.29, 1.82) is 0 Å². The van der Waals surface area contributed by atoms with Gasteiger partial charge in [0.25, 0.3) is 0 Å². The Labute approximate surface area is 99.7 Å². The molecule has 0 fully saturated rings. The van der Waals surface area contributed by atoms with E-state index in [-0.39, 0.29) is 0 Å². The van der Waals surface area contributed by atoms with Crippen LogP contribution in [0.15, 0.2) is 54.9 Å². The quantitative estimate of drug-likeness (QED) is 0.436. The number of rotatable bonds is 0. The number of benzene rings is 2. The highest BCUT2D eigenvalue weighted by molar-refractivity contribution is 6.00. The molecule has 3 aromatic rings. The molecular weight excluding hydrogens is 206 g/mol. The van der Waals surface area contributed by atoms with Crippen molar-refractivity contribution in [2.75, 3.05) is 0 Å². The van der Waals surface area contributed by atoms with Crippen molar-refractivity contribution in [3.05, 3.63) is 66.0 Å². The standard InChI is InChI=1S/C16H11N/c1-2-4-14-11(3-1)5-6-12-9-13-10-17-8-7-15(13)16(12)14/h1-8,10H,9H2. The van der Waals surface area contributed by atoms with Gasteiger partial charge in [0.2, 0.25) is 0 Å². The van der Waals surface area contributed by atoms with Crippen LogP contribution < -0.4 is 0 Å². The number of fused-ring (bicyclic) bond motifs is 5. The molecule has 17 heavy (non-hydrogen) atoms. The molecule has 0 spiro atoms. The smallest absolute Gasteiger partial charge is 0.0309 e. The van der Waals surface area contributed by atoms with Crippen molar-refractivity contribution in [2.45, 2.75) is 6.42 Å². The molecule has 0 atom stereocenters. The minimum Gasteiger partial charge on any atom is -0.264 e. The Hall–Kier alpha value is -2.15. The van der Waals surface area contributed by atoms with Gasteiger partial charge in [-0.15, -0.1) is 0 Å². The van der Waals surface area contributed by atoms with Crippen LogP contribution in [0.3, 0.4) is 0 Å². The lowest BCUT2D eigenvalue weighted by Gasteiger charge is -2.06. The number of pyridine rings is 1. The van der Waals surface area contributed by atoms with Gasteiger partial charge in [-0.05, 0) is 39.1 Å². The molecule has 1 aromatic heterocycles. The molecule has 80 valence electrons. The highest BCUT2D eigenvalue weighted by Crippen LogP contribution is 2.40. The molecule has 2 aromatic carbocycles. The second-order valence-corrected chi connectivity index (χ2v) is 4.53. The molecule has 1 heterocycles. The Morgan fingerprint density at radius 1 is 0.882 bits per heavy atom. The topological polar surface area (TPSA) is 12.9 Å². The van der Waals surface area contributed by atoms with Crippen LogP contribution in [-0.4, -0.2) is 4.98 Å². The van der Waals surface area contributed by atoms with Crippen LogP contribution in [0.4, 0.5) is 0 Å². The zero-order chi connectivity index (χ0) is 11.2. The van der Waals surface area contributed by atoms with Crippen molar-refractivity contribution in [2.24, 2.45) is 0 Å². The summed E-state index contributed by atoms with van der Waals surface area (Å²) in [6.45, 7) is 0. The maximum Gasteiger partial charge on any atom is 0.0309 e. The normalized spacial score (nSPS) is 12.5. The Balaban J connectivity index is 2.17. The van der Waals surface area contributed by atoms with Crippen LogP contribution in [0.2, 0.25) is 0 Å². The van der Waals surface area contributed by atoms with E-state index in [4.69, 9.17) is 0 Å². The molecule has 0 aliphatic heterocycles. The molecule has 1 heteroatoms. The third-order valence-electron chi connectivity index (χ3n) is 3.57. The average molecular weight is 217 g/mol. The third-order valence-corrected chi connectivity index (χ3v) is 3.57. The molecular formula is C16H11N. The summed E-state index contributed by atoms with van der Waals surface area (Å²) in [5.74, 6) is 0. The second-order valence-electron chi connectivity index (χ2n) is 4.53. The van der Waals surface area contributed by atoms with Crippen molar-refractivity contribution < 1.29 is 0 Å². The maximum atomic E-state index is 4.22. The number of hydrogen-bond acceptors (Lipinski definition) is 1. The van der Waals surface area contributed by atoms with Gasteiger partial charge in [-0.1, -0.05) is 36.4 Å². The highest BCUT2D eigenvalue weighted by Gasteiger charge is 2.19. The molecule has 0 unspecified atom stereocenters. The van der Waals surface area contributed by atoms with Crippen molar-refractivity contribution in [3.63, 3.8) is 0 Å². The predicted octanol–water partition coefficient (Wildman–Crippen LogP) is 3.81. The van der Waals surface area contributed by atoms with Crippen LogP contribution in [-0.2, 0) is 6.42 Å². The summed E-state index contributed by atoms with van der Waals surface area (Å²) in [7, 11) is 0. The summed E-state index contributed by atoms with van der Waals surface area (Å²) in [6, 6.07) is 15.2. The fraction of sp³-hybridized carbons (Fsp3) is 0.0625. The van der Waals surface area contributed by atoms with Gasteiger partial charge in [-0.3, -0.25) is 4.98 Å². The Kier molecular flexibility index (Phi) is 1.67. The summed E-state index contributed by atoms with van der Waals surface area (Å²) in [6.07, 6.45) is 4.89. The predicted molar refractivity (Wildman–Crippen MR) is 70.0 cm³/mol. The first-order valence-corrected chi connectivity index (χ1v) is 5.87. The van der Waals surface area contributed by atoms with E-state index in [1.54, 1.807) is 0 Å². The van der Waals surface area contributed by atoms with Gasteiger partial charge in [0.1, 0.15) is 0 Å². The summed E-state index contributed by atoms with van der Waals surface area (Å²) < 4.78 is 0. The fourth-order valence-corrected chi connectivity index (χ4v) is 2.80. The summed E-state index contributed by atoms with van der Waals surface area (Å²) in [4.78, 5) is 4.22. The first-order valence-electron chi connectivity index (χ1n) is 5.87. The number of aromatic nitrogens is 1. The number of nitrogens with zero attached hydrogens (tertiary/aromatic N) is 1. The molecule has 0 radical (unpaired) electrons. The minimum atomic E-state index is 1.02. The SMILES string of the molecule is c1ccc2c3c(ccc2c1)Cc1cnccc1-3. The minimum absolute atomic E-state index is 1.02. The average Bonchev–Trinajstić information content (AvgIpc) is 2.77. The summed E-state index contributed by atoms with van der Waals surface area (Å²) >= 11 is 0. The van der Waals surface area contributed by atoms with Crippen LogP contribution in [0.25, 0.3) is 21.9 Å². The van der Waals surface area contributed by atoms with E-state index in [1.165, 1.54) is 33.0 Å². The summed E-state index contributed by atoms with van der Waals surface area (Å²) in [5.41, 5.74) is 5.53. The first-order chi connectivity index (χ1) is 8.43. The largest absolute Gasteiger partial charge is 0.264 e. The van der Waals surface area contributed by atoms with Gasteiger partial charge in [0.15, 0.2) is 0 Å². The molecule has 0 amide bonds. The van der Waals surface area contributed by atoms with E-state index in [0.29, 0.717) is 0 Å². The van der Waals surface area contributed by atoms with E-state index in [0.717, 1.165) is 6.42 Å². The zero-order valence-electron chi connectivity index (χ0n) is 9.35. The molecule has 0 bridgehead atoms. The van der Waals surface area contributed by atoms with Gasteiger partial charge >= 0.3 is 0 Å². The zero-order valence-corrected chi connectivity index (χ0v) is 9.35. The van der Waals surface area contributed by atoms with E-state index in [1.807, 2.05) is 12.4 Å². The van der Waals surface area contributed by atoms with Gasteiger partial charge in [-0.2, -0.15) is 0 Å². The van der Waals surface area contributed by atoms with Crippen LogP contribution >= 0.6 is 0 Å². The van der Waals surface area contributed by atoms with Crippen molar-refractivity contribution in [3.8, 4) is 11.1 Å². The third kappa shape index (κ3) is 1.17. The maximum absolute atomic E-state index is 4.22. The van der Waals surface area contributed by atoms with Gasteiger partial charge in [-0.25, -0.2) is 0 Å². The Bertz CT molecular complexity index is 728. The first kappa shape index (κ1) is 8.94. The molecule has 0 saturated heterocycles. The summed E-state index contributed by atoms with van der Waals surface area (Å²) in [5, 5.41) is 2.67. The van der Waals surface area contributed by atoms with Crippen LogP contribution in [0.5, 0.6) is 0 Å². The molecule has 0 saturated carbocycles.